The fraction of sp³-hybridized carbons (Fsp3) is 0.200. The van der Waals surface area contributed by atoms with Crippen LogP contribution >= 0.6 is 0 Å². The molecule has 0 unspecified atom stereocenters. The van der Waals surface area contributed by atoms with Crippen LogP contribution in [0.15, 0.2) is 60.7 Å². The molecule has 0 saturated carbocycles. The van der Waals surface area contributed by atoms with Gasteiger partial charge >= 0.3 is 11.9 Å². The van der Waals surface area contributed by atoms with E-state index in [1.165, 1.54) is 0 Å². The van der Waals surface area contributed by atoms with Crippen LogP contribution in [0.2, 0.25) is 0 Å². The highest BCUT2D eigenvalue weighted by Gasteiger charge is 2.11. The fourth-order valence-electron chi connectivity index (χ4n) is 2.04. The summed E-state index contributed by atoms with van der Waals surface area (Å²) in [5, 5.41) is 1.69. The molecule has 0 saturated heterocycles. The third-order valence-electron chi connectivity index (χ3n) is 3.21. The third kappa shape index (κ3) is 4.56. The lowest BCUT2D eigenvalue weighted by Crippen LogP contribution is -2.07. The average molecular weight is 324 g/mol. The predicted molar refractivity (Wildman–Crippen MR) is 94.1 cm³/mol. The van der Waals surface area contributed by atoms with Crippen molar-refractivity contribution in [3.8, 4) is 0 Å². The molecular weight excluding hydrogens is 304 g/mol. The first-order valence-electron chi connectivity index (χ1n) is 7.53. The van der Waals surface area contributed by atoms with E-state index in [9.17, 15) is 9.59 Å². The molecular formula is C20H20O4. The first-order valence-corrected chi connectivity index (χ1v) is 7.53. The molecule has 0 bridgehead atoms. The van der Waals surface area contributed by atoms with E-state index in [4.69, 9.17) is 9.47 Å². The van der Waals surface area contributed by atoms with Crippen LogP contribution in [0, 0.1) is 0 Å². The first kappa shape index (κ1) is 17.5. The zero-order valence-electron chi connectivity index (χ0n) is 13.9. The molecule has 0 N–H and O–H groups in total. The largest absolute Gasteiger partial charge is 0.458 e. The molecule has 2 rings (SSSR count). The Morgan fingerprint density at radius 3 is 1.50 bits per heavy atom. The zero-order chi connectivity index (χ0) is 17.7. The Labute approximate surface area is 141 Å². The van der Waals surface area contributed by atoms with E-state index in [0.717, 1.165) is 21.9 Å². The summed E-state index contributed by atoms with van der Waals surface area (Å²) in [6.07, 6.45) is 0. The zero-order valence-corrected chi connectivity index (χ0v) is 13.9. The van der Waals surface area contributed by atoms with Crippen molar-refractivity contribution < 1.29 is 19.1 Å². The Bertz CT molecular complexity index is 748. The summed E-state index contributed by atoms with van der Waals surface area (Å²) in [6.45, 7) is 11.4. The molecule has 24 heavy (non-hydrogen) atoms. The Kier molecular flexibility index (Phi) is 5.53. The quantitative estimate of drug-likeness (QED) is 0.587. The molecule has 0 spiro atoms. The third-order valence-corrected chi connectivity index (χ3v) is 3.21. The summed E-state index contributed by atoms with van der Waals surface area (Å²) < 4.78 is 10.3. The molecule has 0 aliphatic heterocycles. The molecule has 0 aromatic heterocycles. The van der Waals surface area contributed by atoms with Crippen molar-refractivity contribution in [2.75, 3.05) is 13.2 Å². The van der Waals surface area contributed by atoms with Crippen molar-refractivity contribution in [2.45, 2.75) is 13.8 Å². The van der Waals surface area contributed by atoms with E-state index >= 15 is 0 Å². The van der Waals surface area contributed by atoms with Crippen LogP contribution in [0.4, 0.5) is 0 Å². The molecule has 0 amide bonds. The van der Waals surface area contributed by atoms with Crippen molar-refractivity contribution in [2.24, 2.45) is 0 Å². The van der Waals surface area contributed by atoms with Crippen molar-refractivity contribution in [3.63, 3.8) is 0 Å². The summed E-state index contributed by atoms with van der Waals surface area (Å²) in [5.41, 5.74) is 2.48. The van der Waals surface area contributed by atoms with Gasteiger partial charge in [0.05, 0.1) is 11.1 Å². The summed E-state index contributed by atoms with van der Waals surface area (Å²) >= 11 is 0. The highest BCUT2D eigenvalue weighted by molar-refractivity contribution is 5.99. The summed E-state index contributed by atoms with van der Waals surface area (Å²) in [7, 11) is 0. The van der Waals surface area contributed by atoms with Crippen molar-refractivity contribution >= 4 is 22.7 Å². The molecule has 2 aromatic carbocycles. The second-order valence-corrected chi connectivity index (χ2v) is 5.84. The van der Waals surface area contributed by atoms with Crippen molar-refractivity contribution in [3.05, 3.63) is 71.8 Å². The maximum atomic E-state index is 12.0. The predicted octanol–water partition coefficient (Wildman–Crippen LogP) is 4.31. The smallest absolute Gasteiger partial charge is 0.338 e. The summed E-state index contributed by atoms with van der Waals surface area (Å²) in [6, 6.07) is 10.4. The van der Waals surface area contributed by atoms with E-state index in [0.29, 0.717) is 11.1 Å². The minimum absolute atomic E-state index is 0.199. The number of hydrogen-bond acceptors (Lipinski definition) is 4. The molecule has 2 aromatic rings. The van der Waals surface area contributed by atoms with Gasteiger partial charge in [-0.25, -0.2) is 9.59 Å². The monoisotopic (exact) mass is 324 g/mol. The van der Waals surface area contributed by atoms with E-state index in [1.807, 2.05) is 0 Å². The van der Waals surface area contributed by atoms with Crippen LogP contribution in [0.1, 0.15) is 34.6 Å². The number of carbonyl (C=O) groups is 2. The molecule has 4 heteroatoms. The number of hydrogen-bond donors (Lipinski definition) is 0. The van der Waals surface area contributed by atoms with Gasteiger partial charge in [-0.3, -0.25) is 0 Å². The van der Waals surface area contributed by atoms with Gasteiger partial charge in [-0.15, -0.1) is 0 Å². The topological polar surface area (TPSA) is 52.6 Å². The number of esters is 2. The maximum Gasteiger partial charge on any atom is 0.338 e. The number of fused-ring (bicyclic) bond motifs is 1. The normalized spacial score (nSPS) is 10.2. The van der Waals surface area contributed by atoms with Crippen LogP contribution in [0.25, 0.3) is 10.8 Å². The molecule has 0 heterocycles. The second kappa shape index (κ2) is 7.59. The highest BCUT2D eigenvalue weighted by atomic mass is 16.5. The molecule has 124 valence electrons. The lowest BCUT2D eigenvalue weighted by atomic mass is 10.0. The maximum absolute atomic E-state index is 12.0. The molecule has 0 aliphatic carbocycles. The van der Waals surface area contributed by atoms with Crippen molar-refractivity contribution in [1.29, 1.82) is 0 Å². The first-order chi connectivity index (χ1) is 11.4. The number of benzene rings is 2. The van der Waals surface area contributed by atoms with Gasteiger partial charge in [0, 0.05) is 0 Å². The van der Waals surface area contributed by atoms with E-state index < -0.39 is 11.9 Å². The van der Waals surface area contributed by atoms with Crippen LogP contribution in [-0.2, 0) is 9.47 Å². The second-order valence-electron chi connectivity index (χ2n) is 5.84. The Balaban J connectivity index is 2.18. The average Bonchev–Trinajstić information content (AvgIpc) is 2.56. The standard InChI is InChI=1S/C20H20O4/c1-13(2)11-23-19(21)17-7-5-16-10-18(8-6-15(16)9-17)20(22)24-12-14(3)4/h5-10H,1,3,11-12H2,2,4H3. The van der Waals surface area contributed by atoms with Crippen LogP contribution in [-0.4, -0.2) is 25.2 Å². The number of rotatable bonds is 6. The van der Waals surface area contributed by atoms with Gasteiger partial charge in [-0.1, -0.05) is 25.3 Å². The Hall–Kier alpha value is -2.88. The van der Waals surface area contributed by atoms with Crippen LogP contribution in [0.3, 0.4) is 0 Å². The number of ether oxygens (including phenoxy) is 2. The van der Waals surface area contributed by atoms with E-state index in [1.54, 1.807) is 50.2 Å². The summed E-state index contributed by atoms with van der Waals surface area (Å²) in [4.78, 5) is 23.9. The van der Waals surface area contributed by atoms with Crippen LogP contribution < -0.4 is 0 Å². The van der Waals surface area contributed by atoms with Gasteiger partial charge < -0.3 is 9.47 Å². The van der Waals surface area contributed by atoms with Gasteiger partial charge in [0.1, 0.15) is 13.2 Å². The lowest BCUT2D eigenvalue weighted by Gasteiger charge is -2.07. The SMILES string of the molecule is C=C(C)COC(=O)c1ccc2cc(C(=O)OCC(=C)C)ccc2c1. The Morgan fingerprint density at radius 1 is 0.792 bits per heavy atom. The van der Waals surface area contributed by atoms with Gasteiger partial charge in [0.2, 0.25) is 0 Å². The summed E-state index contributed by atoms with van der Waals surface area (Å²) in [5.74, 6) is -0.797. The molecule has 4 nitrogen and oxygen atoms in total. The minimum atomic E-state index is -0.398. The van der Waals surface area contributed by atoms with E-state index in [2.05, 4.69) is 13.2 Å². The molecule has 0 radical (unpaired) electrons. The van der Waals surface area contributed by atoms with Gasteiger partial charge in [-0.05, 0) is 60.0 Å². The van der Waals surface area contributed by atoms with E-state index in [-0.39, 0.29) is 13.2 Å². The highest BCUT2D eigenvalue weighted by Crippen LogP contribution is 2.19. The fourth-order valence-corrected chi connectivity index (χ4v) is 2.04. The molecule has 0 aliphatic rings. The number of carbonyl (C=O) groups excluding carboxylic acids is 2. The lowest BCUT2D eigenvalue weighted by molar-refractivity contribution is 0.0531. The minimum Gasteiger partial charge on any atom is -0.458 e. The van der Waals surface area contributed by atoms with Gasteiger partial charge in [0.15, 0.2) is 0 Å². The van der Waals surface area contributed by atoms with Crippen LogP contribution in [0.5, 0.6) is 0 Å². The van der Waals surface area contributed by atoms with Gasteiger partial charge in [0.25, 0.3) is 0 Å². The molecule has 0 atom stereocenters. The van der Waals surface area contributed by atoms with Gasteiger partial charge in [-0.2, -0.15) is 0 Å². The van der Waals surface area contributed by atoms with Crippen molar-refractivity contribution in [1.82, 2.24) is 0 Å². The molecule has 0 fully saturated rings. The Morgan fingerprint density at radius 2 is 1.17 bits per heavy atom.